The van der Waals surface area contributed by atoms with E-state index in [0.717, 1.165) is 23.7 Å². The first-order valence-corrected chi connectivity index (χ1v) is 11.2. The fourth-order valence-electron chi connectivity index (χ4n) is 5.03. The summed E-state index contributed by atoms with van der Waals surface area (Å²) in [5, 5.41) is 3.74. The van der Waals surface area contributed by atoms with Crippen LogP contribution in [-0.2, 0) is 0 Å². The van der Waals surface area contributed by atoms with E-state index in [1.54, 1.807) is 4.90 Å². The molecule has 0 saturated heterocycles. The van der Waals surface area contributed by atoms with Gasteiger partial charge in [-0.1, -0.05) is 18.2 Å². The third-order valence-electron chi connectivity index (χ3n) is 6.57. The van der Waals surface area contributed by atoms with E-state index < -0.39 is 23.8 Å². The first-order chi connectivity index (χ1) is 15.7. The maximum atomic E-state index is 13.8. The van der Waals surface area contributed by atoms with Gasteiger partial charge in [0.1, 0.15) is 18.1 Å². The van der Waals surface area contributed by atoms with Gasteiger partial charge >= 0.3 is 6.18 Å². The van der Waals surface area contributed by atoms with Crippen LogP contribution in [0.25, 0.3) is 10.9 Å². The van der Waals surface area contributed by atoms with Crippen molar-refractivity contribution in [2.24, 2.45) is 0 Å². The van der Waals surface area contributed by atoms with E-state index in [-0.39, 0.29) is 11.5 Å². The van der Waals surface area contributed by atoms with Gasteiger partial charge in [0.25, 0.3) is 5.91 Å². The number of halogens is 3. The summed E-state index contributed by atoms with van der Waals surface area (Å²) in [6, 6.07) is 7.23. The highest BCUT2D eigenvalue weighted by molar-refractivity contribution is 5.98. The molecule has 1 amide bonds. The van der Waals surface area contributed by atoms with E-state index in [4.69, 9.17) is 0 Å². The van der Waals surface area contributed by atoms with Crippen molar-refractivity contribution in [1.29, 1.82) is 0 Å². The van der Waals surface area contributed by atoms with Crippen molar-refractivity contribution in [2.45, 2.75) is 63.3 Å². The fraction of sp³-hybridized carbons (Fsp3) is 0.458. The average Bonchev–Trinajstić information content (AvgIpc) is 3.22. The molecule has 3 atom stereocenters. The third kappa shape index (κ3) is 4.88. The summed E-state index contributed by atoms with van der Waals surface area (Å²) < 4.78 is 41.5. The Balaban J connectivity index is 1.55. The standard InChI is InChI=1S/C24H28F3N5O/c1-3-32(22(33)20-11-16-7-4-5-9-19(16)31-20)23(2)10-6-8-18(12-23)30-21(24(25,26)27)17-13-28-15-29-14-17/h4-5,7,9,11,13-15,18,21,30-31H,3,6,8,10,12H2,1-2H3/t18-,21?,23?/m1/s1. The van der Waals surface area contributed by atoms with Crippen LogP contribution in [0.3, 0.4) is 0 Å². The van der Waals surface area contributed by atoms with Gasteiger partial charge in [-0.25, -0.2) is 9.97 Å². The van der Waals surface area contributed by atoms with Gasteiger partial charge in [-0.05, 0) is 51.7 Å². The number of rotatable bonds is 6. The summed E-state index contributed by atoms with van der Waals surface area (Å²) in [7, 11) is 0. The lowest BCUT2D eigenvalue weighted by Crippen LogP contribution is -2.56. The van der Waals surface area contributed by atoms with Crippen molar-refractivity contribution in [3.8, 4) is 0 Å². The highest BCUT2D eigenvalue weighted by Gasteiger charge is 2.45. The lowest BCUT2D eigenvalue weighted by atomic mass is 9.78. The second-order valence-corrected chi connectivity index (χ2v) is 8.92. The molecule has 3 aromatic rings. The molecule has 0 aliphatic heterocycles. The monoisotopic (exact) mass is 459 g/mol. The summed E-state index contributed by atoms with van der Waals surface area (Å²) in [5.41, 5.74) is 0.786. The van der Waals surface area contributed by atoms with Gasteiger partial charge < -0.3 is 9.88 Å². The fourth-order valence-corrected chi connectivity index (χ4v) is 5.03. The molecular weight excluding hydrogens is 431 g/mol. The summed E-state index contributed by atoms with van der Waals surface area (Å²) in [5.74, 6) is -0.138. The molecular formula is C24H28F3N5O. The zero-order valence-corrected chi connectivity index (χ0v) is 18.7. The van der Waals surface area contributed by atoms with E-state index >= 15 is 0 Å². The van der Waals surface area contributed by atoms with Crippen molar-refractivity contribution >= 4 is 16.8 Å². The number of carbonyl (C=O) groups is 1. The van der Waals surface area contributed by atoms with Crippen molar-refractivity contribution in [3.05, 3.63) is 60.3 Å². The number of aromatic amines is 1. The number of H-pyrrole nitrogens is 1. The number of alkyl halides is 3. The van der Waals surface area contributed by atoms with Crippen molar-refractivity contribution in [1.82, 2.24) is 25.2 Å². The molecule has 9 heteroatoms. The summed E-state index contributed by atoms with van der Waals surface area (Å²) in [6.45, 7) is 4.34. The van der Waals surface area contributed by atoms with Gasteiger partial charge in [-0.3, -0.25) is 10.1 Å². The Morgan fingerprint density at radius 1 is 1.30 bits per heavy atom. The number of fused-ring (bicyclic) bond motifs is 1. The Morgan fingerprint density at radius 2 is 2.03 bits per heavy atom. The molecule has 2 N–H and O–H groups in total. The van der Waals surface area contributed by atoms with Crippen LogP contribution < -0.4 is 5.32 Å². The maximum Gasteiger partial charge on any atom is 0.408 e. The molecule has 33 heavy (non-hydrogen) atoms. The number of para-hydroxylation sites is 1. The number of hydrogen-bond donors (Lipinski definition) is 2. The van der Waals surface area contributed by atoms with Crippen LogP contribution in [0.1, 0.15) is 61.6 Å². The number of nitrogens with zero attached hydrogens (tertiary/aromatic N) is 3. The number of hydrogen-bond acceptors (Lipinski definition) is 4. The van der Waals surface area contributed by atoms with E-state index in [1.807, 2.05) is 44.2 Å². The number of carbonyl (C=O) groups excluding carboxylic acids is 1. The molecule has 2 aromatic heterocycles. The molecule has 0 radical (unpaired) electrons. The quantitative estimate of drug-likeness (QED) is 0.543. The Labute approximate surface area is 190 Å². The van der Waals surface area contributed by atoms with Gasteiger partial charge in [0.15, 0.2) is 0 Å². The SMILES string of the molecule is CCN(C(=O)c1cc2ccccc2[nH]1)C1(C)CCC[C@@H](NC(c2cncnc2)C(F)(F)F)C1. The molecule has 176 valence electrons. The normalized spacial score (nSPS) is 22.3. The summed E-state index contributed by atoms with van der Waals surface area (Å²) in [4.78, 5) is 25.9. The third-order valence-corrected chi connectivity index (χ3v) is 6.57. The molecule has 0 spiro atoms. The molecule has 0 bridgehead atoms. The topological polar surface area (TPSA) is 73.9 Å². The van der Waals surface area contributed by atoms with Crippen LogP contribution >= 0.6 is 0 Å². The summed E-state index contributed by atoms with van der Waals surface area (Å²) in [6.07, 6.45) is 1.60. The molecule has 4 rings (SSSR count). The van der Waals surface area contributed by atoms with E-state index in [9.17, 15) is 18.0 Å². The van der Waals surface area contributed by atoms with E-state index in [2.05, 4.69) is 20.3 Å². The average molecular weight is 460 g/mol. The van der Waals surface area contributed by atoms with Gasteiger partial charge in [0.05, 0.1) is 0 Å². The second kappa shape index (κ2) is 9.13. The molecule has 1 aromatic carbocycles. The Hall–Kier alpha value is -2.94. The highest BCUT2D eigenvalue weighted by Crippen LogP contribution is 2.38. The highest BCUT2D eigenvalue weighted by atomic mass is 19.4. The van der Waals surface area contributed by atoms with Crippen molar-refractivity contribution < 1.29 is 18.0 Å². The minimum absolute atomic E-state index is 0.0150. The minimum atomic E-state index is -4.48. The molecule has 1 saturated carbocycles. The number of nitrogens with one attached hydrogen (secondary N) is 2. The lowest BCUT2D eigenvalue weighted by molar-refractivity contribution is -0.161. The Morgan fingerprint density at radius 3 is 2.70 bits per heavy atom. The van der Waals surface area contributed by atoms with Gasteiger partial charge in [0.2, 0.25) is 0 Å². The molecule has 2 heterocycles. The summed E-state index contributed by atoms with van der Waals surface area (Å²) >= 11 is 0. The number of aromatic nitrogens is 3. The van der Waals surface area contributed by atoms with Gasteiger partial charge in [-0.2, -0.15) is 13.2 Å². The van der Waals surface area contributed by atoms with Crippen LogP contribution in [0.5, 0.6) is 0 Å². The smallest absolute Gasteiger partial charge is 0.351 e. The van der Waals surface area contributed by atoms with Gasteiger partial charge in [0, 0.05) is 47.0 Å². The van der Waals surface area contributed by atoms with E-state index in [0.29, 0.717) is 25.1 Å². The van der Waals surface area contributed by atoms with E-state index in [1.165, 1.54) is 18.7 Å². The van der Waals surface area contributed by atoms with Crippen molar-refractivity contribution in [2.75, 3.05) is 6.54 Å². The molecule has 6 nitrogen and oxygen atoms in total. The van der Waals surface area contributed by atoms with Crippen LogP contribution in [0.15, 0.2) is 49.1 Å². The molecule has 1 aliphatic rings. The first kappa shape index (κ1) is 23.2. The van der Waals surface area contributed by atoms with Crippen LogP contribution in [-0.4, -0.2) is 50.1 Å². The predicted molar refractivity (Wildman–Crippen MR) is 120 cm³/mol. The second-order valence-electron chi connectivity index (χ2n) is 8.92. The lowest BCUT2D eigenvalue weighted by Gasteiger charge is -2.47. The van der Waals surface area contributed by atoms with Crippen molar-refractivity contribution in [3.63, 3.8) is 0 Å². The molecule has 1 fully saturated rings. The Kier molecular flexibility index (Phi) is 6.43. The predicted octanol–water partition coefficient (Wildman–Crippen LogP) is 5.01. The number of amides is 1. The van der Waals surface area contributed by atoms with Gasteiger partial charge in [-0.15, -0.1) is 0 Å². The molecule has 2 unspecified atom stereocenters. The first-order valence-electron chi connectivity index (χ1n) is 11.2. The zero-order chi connectivity index (χ0) is 23.6. The van der Waals surface area contributed by atoms with Crippen LogP contribution in [0.4, 0.5) is 13.2 Å². The zero-order valence-electron chi connectivity index (χ0n) is 18.7. The number of benzene rings is 1. The van der Waals surface area contributed by atoms with Crippen LogP contribution in [0, 0.1) is 0 Å². The maximum absolute atomic E-state index is 13.8. The Bertz CT molecular complexity index is 1070. The molecule has 1 aliphatic carbocycles. The van der Waals surface area contributed by atoms with Crippen LogP contribution in [0.2, 0.25) is 0 Å². The largest absolute Gasteiger partial charge is 0.408 e. The minimum Gasteiger partial charge on any atom is -0.351 e.